The minimum absolute atomic E-state index is 0.112. The molecule has 5 heteroatoms. The second kappa shape index (κ2) is 13.8. The summed E-state index contributed by atoms with van der Waals surface area (Å²) in [5.74, 6) is 0.818. The first-order valence-corrected chi connectivity index (χ1v) is 15.6. The third-order valence-corrected chi connectivity index (χ3v) is 9.37. The summed E-state index contributed by atoms with van der Waals surface area (Å²) >= 11 is 0. The third kappa shape index (κ3) is 6.14. The molecule has 0 unspecified atom stereocenters. The largest absolute Gasteiger partial charge is 0.283 e. The van der Waals surface area contributed by atoms with E-state index in [9.17, 15) is 21.3 Å². The summed E-state index contributed by atoms with van der Waals surface area (Å²) in [6.07, 6.45) is 2.48. The standard InChI is InChI=1S/C38H47N5/c1-10-27(9)38(11-2,12-3)34-29(23-40)20-28(22-39)21-33(34)37(42)43(36(41)32-17-14-13-16-26(32)8)35-30(24(4)5)18-15-19-31(35)25(6)7/h13-21,24-25,27,41-42H,10-12H2,1-9H3/t27-/m1/s1. The predicted octanol–water partition coefficient (Wildman–Crippen LogP) is 9.95. The van der Waals surface area contributed by atoms with Gasteiger partial charge in [0, 0.05) is 11.1 Å². The summed E-state index contributed by atoms with van der Waals surface area (Å²) in [7, 11) is 0. The molecular formula is C38H47N5. The molecule has 0 fully saturated rings. The van der Waals surface area contributed by atoms with Gasteiger partial charge in [0.05, 0.1) is 29.0 Å². The number of para-hydroxylation sites is 1. The summed E-state index contributed by atoms with van der Waals surface area (Å²) in [5.41, 5.74) is 6.36. The van der Waals surface area contributed by atoms with Crippen molar-refractivity contribution in [1.29, 1.82) is 21.3 Å². The molecule has 0 aliphatic carbocycles. The first-order valence-electron chi connectivity index (χ1n) is 15.6. The van der Waals surface area contributed by atoms with Gasteiger partial charge in [0.1, 0.15) is 11.7 Å². The lowest BCUT2D eigenvalue weighted by Gasteiger charge is -2.41. The topological polar surface area (TPSA) is 98.5 Å². The molecule has 0 aliphatic heterocycles. The maximum absolute atomic E-state index is 10.5. The van der Waals surface area contributed by atoms with Gasteiger partial charge in [0.2, 0.25) is 0 Å². The van der Waals surface area contributed by atoms with Crippen LogP contribution in [0, 0.1) is 46.3 Å². The van der Waals surface area contributed by atoms with Crippen LogP contribution < -0.4 is 4.90 Å². The number of aryl methyl sites for hydroxylation is 1. The van der Waals surface area contributed by atoms with Crippen molar-refractivity contribution in [3.8, 4) is 12.1 Å². The molecule has 0 radical (unpaired) electrons. The average molecular weight is 574 g/mol. The van der Waals surface area contributed by atoms with Crippen LogP contribution in [0.5, 0.6) is 0 Å². The number of benzene rings is 3. The number of nitriles is 2. The van der Waals surface area contributed by atoms with Crippen LogP contribution in [0.2, 0.25) is 0 Å². The summed E-state index contributed by atoms with van der Waals surface area (Å²) in [4.78, 5) is 1.78. The minimum Gasteiger partial charge on any atom is -0.283 e. The maximum Gasteiger partial charge on any atom is 0.138 e. The van der Waals surface area contributed by atoms with Crippen molar-refractivity contribution >= 4 is 17.4 Å². The molecule has 0 saturated carbocycles. The first-order chi connectivity index (χ1) is 20.4. The Balaban J connectivity index is 2.57. The van der Waals surface area contributed by atoms with E-state index in [2.05, 4.69) is 85.7 Å². The van der Waals surface area contributed by atoms with Crippen LogP contribution in [-0.2, 0) is 5.41 Å². The van der Waals surface area contributed by atoms with Crippen LogP contribution >= 0.6 is 0 Å². The molecule has 43 heavy (non-hydrogen) atoms. The van der Waals surface area contributed by atoms with Crippen molar-refractivity contribution in [2.24, 2.45) is 5.92 Å². The van der Waals surface area contributed by atoms with Gasteiger partial charge in [0.25, 0.3) is 0 Å². The van der Waals surface area contributed by atoms with Crippen LogP contribution in [0.1, 0.15) is 131 Å². The van der Waals surface area contributed by atoms with Crippen LogP contribution in [0.25, 0.3) is 0 Å². The van der Waals surface area contributed by atoms with Gasteiger partial charge >= 0.3 is 0 Å². The van der Waals surface area contributed by atoms with E-state index >= 15 is 0 Å². The molecule has 3 aromatic rings. The SMILES string of the molecule is CC[C@@H](C)C(CC)(CC)c1c(C#N)cc(C#N)cc1C(=N)N(C(=N)c1ccccc1C)c1c(C(C)C)cccc1C(C)C. The molecule has 0 heterocycles. The van der Waals surface area contributed by atoms with Crippen molar-refractivity contribution in [3.05, 3.63) is 99.1 Å². The highest BCUT2D eigenvalue weighted by Crippen LogP contribution is 2.45. The average Bonchev–Trinajstić information content (AvgIpc) is 3.01. The molecule has 5 nitrogen and oxygen atoms in total. The molecule has 0 amide bonds. The van der Waals surface area contributed by atoms with Gasteiger partial charge < -0.3 is 0 Å². The van der Waals surface area contributed by atoms with Gasteiger partial charge in [-0.3, -0.25) is 15.7 Å². The molecule has 0 saturated heterocycles. The van der Waals surface area contributed by atoms with E-state index < -0.39 is 0 Å². The second-order valence-corrected chi connectivity index (χ2v) is 12.3. The van der Waals surface area contributed by atoms with Crippen molar-refractivity contribution in [2.75, 3.05) is 4.90 Å². The van der Waals surface area contributed by atoms with Crippen LogP contribution in [0.15, 0.2) is 54.6 Å². The highest BCUT2D eigenvalue weighted by atomic mass is 15.2. The van der Waals surface area contributed by atoms with E-state index in [0.717, 1.165) is 52.8 Å². The van der Waals surface area contributed by atoms with Crippen molar-refractivity contribution in [3.63, 3.8) is 0 Å². The molecule has 0 aliphatic rings. The van der Waals surface area contributed by atoms with Crippen LogP contribution in [0.4, 0.5) is 5.69 Å². The van der Waals surface area contributed by atoms with E-state index in [1.807, 2.05) is 31.2 Å². The van der Waals surface area contributed by atoms with Crippen LogP contribution in [0.3, 0.4) is 0 Å². The molecule has 3 rings (SSSR count). The van der Waals surface area contributed by atoms with E-state index in [0.29, 0.717) is 16.7 Å². The highest BCUT2D eigenvalue weighted by Gasteiger charge is 2.40. The number of amidine groups is 2. The molecule has 1 atom stereocenters. The fraction of sp³-hybridized carbons (Fsp3) is 0.421. The fourth-order valence-electron chi connectivity index (χ4n) is 6.64. The first kappa shape index (κ1) is 33.3. The monoisotopic (exact) mass is 573 g/mol. The molecular weight excluding hydrogens is 526 g/mol. The van der Waals surface area contributed by atoms with Gasteiger partial charge in [-0.05, 0) is 77.3 Å². The number of anilines is 1. The molecule has 2 N–H and O–H groups in total. The van der Waals surface area contributed by atoms with E-state index in [-0.39, 0.29) is 34.8 Å². The molecule has 3 aromatic carbocycles. The fourth-order valence-corrected chi connectivity index (χ4v) is 6.64. The summed E-state index contributed by atoms with van der Waals surface area (Å²) in [6, 6.07) is 22.1. The second-order valence-electron chi connectivity index (χ2n) is 12.3. The Morgan fingerprint density at radius 3 is 1.81 bits per heavy atom. The number of nitrogens with zero attached hydrogens (tertiary/aromatic N) is 3. The number of hydrogen-bond acceptors (Lipinski definition) is 4. The summed E-state index contributed by atoms with van der Waals surface area (Å²) in [5, 5.41) is 40.3. The zero-order valence-electron chi connectivity index (χ0n) is 27.4. The Hall–Kier alpha value is -4.22. The Kier molecular flexibility index (Phi) is 10.7. The number of rotatable bonds is 10. The summed E-state index contributed by atoms with van der Waals surface area (Å²) < 4.78 is 0. The predicted molar refractivity (Wildman–Crippen MR) is 180 cm³/mol. The molecule has 0 bridgehead atoms. The zero-order chi connectivity index (χ0) is 32.1. The third-order valence-electron chi connectivity index (χ3n) is 9.37. The van der Waals surface area contributed by atoms with Gasteiger partial charge in [-0.2, -0.15) is 10.5 Å². The Bertz CT molecular complexity index is 1550. The number of hydrogen-bond donors (Lipinski definition) is 2. The summed E-state index contributed by atoms with van der Waals surface area (Å²) in [6.45, 7) is 19.2. The van der Waals surface area contributed by atoms with Crippen molar-refractivity contribution in [1.82, 2.24) is 0 Å². The normalized spacial score (nSPS) is 12.1. The van der Waals surface area contributed by atoms with Gasteiger partial charge in [-0.25, -0.2) is 0 Å². The lowest BCUT2D eigenvalue weighted by molar-refractivity contribution is 0.257. The maximum atomic E-state index is 10.5. The Morgan fingerprint density at radius 2 is 1.35 bits per heavy atom. The molecule has 0 spiro atoms. The van der Waals surface area contributed by atoms with E-state index in [4.69, 9.17) is 0 Å². The minimum atomic E-state index is -0.385. The molecule has 0 aromatic heterocycles. The van der Waals surface area contributed by atoms with Gasteiger partial charge in [-0.1, -0.05) is 104 Å². The lowest BCUT2D eigenvalue weighted by atomic mass is 9.63. The van der Waals surface area contributed by atoms with Gasteiger partial charge in [-0.15, -0.1) is 0 Å². The zero-order valence-corrected chi connectivity index (χ0v) is 27.4. The van der Waals surface area contributed by atoms with Crippen LogP contribution in [-0.4, -0.2) is 11.7 Å². The van der Waals surface area contributed by atoms with Gasteiger partial charge in [0.15, 0.2) is 0 Å². The van der Waals surface area contributed by atoms with E-state index in [1.165, 1.54) is 0 Å². The van der Waals surface area contributed by atoms with Crippen molar-refractivity contribution < 1.29 is 0 Å². The molecule has 224 valence electrons. The smallest absolute Gasteiger partial charge is 0.138 e. The highest BCUT2D eigenvalue weighted by molar-refractivity contribution is 6.29. The quantitative estimate of drug-likeness (QED) is 0.186. The Morgan fingerprint density at radius 1 is 0.791 bits per heavy atom. The van der Waals surface area contributed by atoms with E-state index in [1.54, 1.807) is 17.0 Å². The Labute approximate surface area is 259 Å². The van der Waals surface area contributed by atoms with Crippen molar-refractivity contribution in [2.45, 2.75) is 98.8 Å². The lowest BCUT2D eigenvalue weighted by Crippen LogP contribution is -2.42. The number of nitrogens with one attached hydrogen (secondary N) is 2.